The Bertz CT molecular complexity index is 496. The zero-order valence-electron chi connectivity index (χ0n) is 8.96. The highest BCUT2D eigenvalue weighted by Crippen LogP contribution is 2.03. The minimum atomic E-state index is -1.11. The number of hydrogen-bond donors (Lipinski definition) is 2. The van der Waals surface area contributed by atoms with Gasteiger partial charge in [-0.15, -0.1) is 0 Å². The van der Waals surface area contributed by atoms with Crippen molar-refractivity contribution >= 4 is 5.97 Å². The van der Waals surface area contributed by atoms with Gasteiger partial charge in [-0.05, 0) is 17.7 Å². The summed E-state index contributed by atoms with van der Waals surface area (Å²) in [5.41, 5.74) is 1.09. The van der Waals surface area contributed by atoms with E-state index in [0.717, 1.165) is 5.56 Å². The third-order valence-corrected chi connectivity index (χ3v) is 2.12. The van der Waals surface area contributed by atoms with Crippen LogP contribution in [-0.4, -0.2) is 21.0 Å². The molecule has 0 bridgehead atoms. The fourth-order valence-corrected chi connectivity index (χ4v) is 1.31. The van der Waals surface area contributed by atoms with Gasteiger partial charge in [0.25, 0.3) is 0 Å². The van der Waals surface area contributed by atoms with Crippen LogP contribution >= 0.6 is 0 Å². The highest BCUT2D eigenvalue weighted by atomic mass is 16.4. The summed E-state index contributed by atoms with van der Waals surface area (Å²) >= 11 is 0. The van der Waals surface area contributed by atoms with Gasteiger partial charge in [0.05, 0.1) is 12.7 Å². The topological polar surface area (TPSA) is 88.2 Å². The molecule has 0 atom stereocenters. The number of carbonyl (C=O) groups is 1. The molecule has 0 aromatic carbocycles. The number of carboxylic acid groups (broad SMARTS) is 1. The summed E-state index contributed by atoms with van der Waals surface area (Å²) < 4.78 is 5.00. The van der Waals surface area contributed by atoms with E-state index in [2.05, 4.69) is 15.3 Å². The van der Waals surface area contributed by atoms with E-state index in [9.17, 15) is 4.79 Å². The third-order valence-electron chi connectivity index (χ3n) is 2.12. The first kappa shape index (κ1) is 11.3. The molecular formula is C11H11N3O3. The Morgan fingerprint density at radius 1 is 1.35 bits per heavy atom. The van der Waals surface area contributed by atoms with Gasteiger partial charge in [0, 0.05) is 18.9 Å². The third kappa shape index (κ3) is 3.12. The van der Waals surface area contributed by atoms with Gasteiger partial charge in [-0.2, -0.15) is 0 Å². The van der Waals surface area contributed by atoms with Crippen LogP contribution in [0.1, 0.15) is 22.0 Å². The number of rotatable bonds is 5. The molecule has 2 N–H and O–H groups in total. The molecule has 0 aliphatic carbocycles. The standard InChI is InChI=1S/C11H11N3O3/c15-11(16)9-6-14-10(17-9)7-13-5-8-1-3-12-4-2-8/h1-4,6,13H,5,7H2,(H,15,16). The van der Waals surface area contributed by atoms with Crippen molar-refractivity contribution in [2.75, 3.05) is 0 Å². The number of nitrogens with zero attached hydrogens (tertiary/aromatic N) is 2. The van der Waals surface area contributed by atoms with Crippen LogP contribution in [0.5, 0.6) is 0 Å². The van der Waals surface area contributed by atoms with Crippen LogP contribution in [0, 0.1) is 0 Å². The Morgan fingerprint density at radius 2 is 2.12 bits per heavy atom. The quantitative estimate of drug-likeness (QED) is 0.802. The number of aromatic nitrogens is 2. The van der Waals surface area contributed by atoms with Crippen molar-refractivity contribution in [1.82, 2.24) is 15.3 Å². The van der Waals surface area contributed by atoms with Crippen molar-refractivity contribution in [3.8, 4) is 0 Å². The predicted octanol–water partition coefficient (Wildman–Crippen LogP) is 1.06. The van der Waals surface area contributed by atoms with Gasteiger partial charge >= 0.3 is 5.97 Å². The van der Waals surface area contributed by atoms with Gasteiger partial charge in [0.1, 0.15) is 0 Å². The molecule has 0 aliphatic rings. The zero-order valence-corrected chi connectivity index (χ0v) is 8.96. The zero-order chi connectivity index (χ0) is 12.1. The first-order chi connectivity index (χ1) is 8.25. The SMILES string of the molecule is O=C(O)c1cnc(CNCc2ccncc2)o1. The van der Waals surface area contributed by atoms with Crippen LogP contribution in [0.15, 0.2) is 35.1 Å². The number of aromatic carboxylic acids is 1. The van der Waals surface area contributed by atoms with Crippen LogP contribution in [0.2, 0.25) is 0 Å². The first-order valence-corrected chi connectivity index (χ1v) is 5.03. The Labute approximate surface area is 97.3 Å². The number of pyridine rings is 1. The second-order valence-electron chi connectivity index (χ2n) is 3.38. The van der Waals surface area contributed by atoms with Gasteiger partial charge in [-0.1, -0.05) is 0 Å². The Morgan fingerprint density at radius 3 is 2.76 bits per heavy atom. The molecule has 0 fully saturated rings. The maximum absolute atomic E-state index is 10.5. The number of nitrogens with one attached hydrogen (secondary N) is 1. The van der Waals surface area contributed by atoms with Gasteiger partial charge in [0.15, 0.2) is 0 Å². The minimum Gasteiger partial charge on any atom is -0.475 e. The molecule has 2 aromatic rings. The van der Waals surface area contributed by atoms with E-state index in [1.165, 1.54) is 6.20 Å². The van der Waals surface area contributed by atoms with Gasteiger partial charge in [-0.3, -0.25) is 4.98 Å². The van der Waals surface area contributed by atoms with E-state index in [1.807, 2.05) is 12.1 Å². The van der Waals surface area contributed by atoms with Crippen LogP contribution in [0.25, 0.3) is 0 Å². The van der Waals surface area contributed by atoms with E-state index < -0.39 is 5.97 Å². The highest BCUT2D eigenvalue weighted by molar-refractivity contribution is 5.83. The molecule has 2 rings (SSSR count). The van der Waals surface area contributed by atoms with Crippen molar-refractivity contribution in [2.24, 2.45) is 0 Å². The average molecular weight is 233 g/mol. The molecule has 0 saturated carbocycles. The molecule has 17 heavy (non-hydrogen) atoms. The van der Waals surface area contributed by atoms with E-state index in [0.29, 0.717) is 19.0 Å². The summed E-state index contributed by atoms with van der Waals surface area (Å²) in [5, 5.41) is 11.7. The Hall–Kier alpha value is -2.21. The van der Waals surface area contributed by atoms with Crippen LogP contribution in [0.3, 0.4) is 0 Å². The summed E-state index contributed by atoms with van der Waals surface area (Å²) in [6, 6.07) is 3.79. The lowest BCUT2D eigenvalue weighted by molar-refractivity contribution is 0.0660. The molecule has 0 unspecified atom stereocenters. The maximum atomic E-state index is 10.5. The number of oxazole rings is 1. The monoisotopic (exact) mass is 233 g/mol. The van der Waals surface area contributed by atoms with Crippen molar-refractivity contribution in [3.05, 3.63) is 47.9 Å². The van der Waals surface area contributed by atoms with Gasteiger partial charge < -0.3 is 14.8 Å². The lowest BCUT2D eigenvalue weighted by Gasteiger charge is -2.01. The minimum absolute atomic E-state index is 0.147. The molecule has 2 heterocycles. The molecular weight excluding hydrogens is 222 g/mol. The smallest absolute Gasteiger partial charge is 0.373 e. The molecule has 88 valence electrons. The molecule has 0 amide bonds. The van der Waals surface area contributed by atoms with E-state index >= 15 is 0 Å². The van der Waals surface area contributed by atoms with Crippen LogP contribution in [0.4, 0.5) is 0 Å². The second-order valence-corrected chi connectivity index (χ2v) is 3.38. The fraction of sp³-hybridized carbons (Fsp3) is 0.182. The summed E-state index contributed by atoms with van der Waals surface area (Å²) in [6.45, 7) is 1.03. The molecule has 2 aromatic heterocycles. The van der Waals surface area contributed by atoms with Crippen molar-refractivity contribution in [1.29, 1.82) is 0 Å². The highest BCUT2D eigenvalue weighted by Gasteiger charge is 2.09. The summed E-state index contributed by atoms with van der Waals surface area (Å²) in [4.78, 5) is 18.3. The van der Waals surface area contributed by atoms with Crippen molar-refractivity contribution in [2.45, 2.75) is 13.1 Å². The van der Waals surface area contributed by atoms with Crippen molar-refractivity contribution < 1.29 is 14.3 Å². The summed E-state index contributed by atoms with van der Waals surface area (Å²) in [5.74, 6) is -0.903. The number of carboxylic acids is 1. The van der Waals surface area contributed by atoms with Crippen LogP contribution in [-0.2, 0) is 13.1 Å². The summed E-state index contributed by atoms with van der Waals surface area (Å²) in [7, 11) is 0. The Balaban J connectivity index is 1.84. The second kappa shape index (κ2) is 5.22. The van der Waals surface area contributed by atoms with E-state index in [1.54, 1.807) is 12.4 Å². The average Bonchev–Trinajstić information content (AvgIpc) is 2.79. The lowest BCUT2D eigenvalue weighted by Crippen LogP contribution is -2.12. The molecule has 6 nitrogen and oxygen atoms in total. The largest absolute Gasteiger partial charge is 0.475 e. The molecule has 0 radical (unpaired) electrons. The maximum Gasteiger partial charge on any atom is 0.373 e. The van der Waals surface area contributed by atoms with E-state index in [4.69, 9.17) is 9.52 Å². The predicted molar refractivity (Wildman–Crippen MR) is 58.2 cm³/mol. The molecule has 0 spiro atoms. The Kier molecular flexibility index (Phi) is 3.46. The van der Waals surface area contributed by atoms with Crippen LogP contribution < -0.4 is 5.32 Å². The first-order valence-electron chi connectivity index (χ1n) is 5.03. The van der Waals surface area contributed by atoms with Gasteiger partial charge in [0.2, 0.25) is 11.7 Å². The molecule has 0 aliphatic heterocycles. The number of hydrogen-bond acceptors (Lipinski definition) is 5. The molecule has 6 heteroatoms. The normalized spacial score (nSPS) is 10.4. The molecule has 0 saturated heterocycles. The van der Waals surface area contributed by atoms with Crippen molar-refractivity contribution in [3.63, 3.8) is 0 Å². The van der Waals surface area contributed by atoms with E-state index in [-0.39, 0.29) is 5.76 Å². The fourth-order valence-electron chi connectivity index (χ4n) is 1.31. The lowest BCUT2D eigenvalue weighted by atomic mass is 10.3. The summed E-state index contributed by atoms with van der Waals surface area (Å²) in [6.07, 6.45) is 4.63. The van der Waals surface area contributed by atoms with Gasteiger partial charge in [-0.25, -0.2) is 9.78 Å².